The summed E-state index contributed by atoms with van der Waals surface area (Å²) in [6, 6.07) is 9.92. The Morgan fingerprint density at radius 3 is 2.48 bits per heavy atom. The van der Waals surface area contributed by atoms with Crippen LogP contribution in [-0.2, 0) is 12.6 Å². The Morgan fingerprint density at radius 2 is 1.92 bits per heavy atom. The minimum atomic E-state index is -4.49. The highest BCUT2D eigenvalue weighted by Gasteiger charge is 2.32. The molecule has 132 valence electrons. The molecule has 1 aliphatic rings. The molecule has 0 spiro atoms. The molecule has 1 atom stereocenters. The minimum Gasteiger partial charge on any atom is -0.316 e. The van der Waals surface area contributed by atoms with E-state index in [-0.39, 0.29) is 17.8 Å². The third-order valence-electron chi connectivity index (χ3n) is 4.49. The van der Waals surface area contributed by atoms with Crippen molar-refractivity contribution in [3.63, 3.8) is 0 Å². The Bertz CT molecular complexity index is 718. The molecule has 3 nitrogen and oxygen atoms in total. The van der Waals surface area contributed by atoms with Crippen LogP contribution in [-0.4, -0.2) is 23.9 Å². The van der Waals surface area contributed by atoms with E-state index in [2.05, 4.69) is 10.3 Å². The summed E-state index contributed by atoms with van der Waals surface area (Å²) in [5.74, 6) is 0.255. The Hall–Kier alpha value is -2.21. The van der Waals surface area contributed by atoms with E-state index >= 15 is 0 Å². The number of carbonyl (C=O) groups is 1. The van der Waals surface area contributed by atoms with Crippen molar-refractivity contribution < 1.29 is 18.0 Å². The summed E-state index contributed by atoms with van der Waals surface area (Å²) in [5, 5.41) is 3.38. The molecule has 0 radical (unpaired) electrons. The van der Waals surface area contributed by atoms with Crippen LogP contribution in [0.25, 0.3) is 0 Å². The summed E-state index contributed by atoms with van der Waals surface area (Å²) in [6.45, 7) is 2.03. The van der Waals surface area contributed by atoms with Gasteiger partial charge in [-0.1, -0.05) is 24.3 Å². The number of hydrogen-bond acceptors (Lipinski definition) is 3. The molecular weight excluding hydrogens is 329 g/mol. The third-order valence-corrected chi connectivity index (χ3v) is 4.49. The molecule has 0 amide bonds. The number of hydrogen-bond donors (Lipinski definition) is 1. The lowest BCUT2D eigenvalue weighted by atomic mass is 9.90. The van der Waals surface area contributed by atoms with Crippen LogP contribution in [0.3, 0.4) is 0 Å². The monoisotopic (exact) mass is 348 g/mol. The van der Waals surface area contributed by atoms with Crippen molar-refractivity contribution in [2.45, 2.75) is 31.4 Å². The van der Waals surface area contributed by atoms with Crippen molar-refractivity contribution in [1.29, 1.82) is 0 Å². The van der Waals surface area contributed by atoms with E-state index in [1.54, 1.807) is 0 Å². The van der Waals surface area contributed by atoms with Gasteiger partial charge in [0.25, 0.3) is 0 Å². The average molecular weight is 348 g/mol. The van der Waals surface area contributed by atoms with Crippen molar-refractivity contribution in [2.75, 3.05) is 13.1 Å². The SMILES string of the molecule is O=C(Cc1ccc([C@H]2CCCNC2)cc1)c1ccc(C(F)(F)F)nc1. The number of piperidine rings is 1. The van der Waals surface area contributed by atoms with E-state index in [1.165, 1.54) is 11.6 Å². The normalized spacial score (nSPS) is 18.1. The van der Waals surface area contributed by atoms with Crippen LogP contribution in [0.15, 0.2) is 42.6 Å². The average Bonchev–Trinajstić information content (AvgIpc) is 2.62. The predicted molar refractivity (Wildman–Crippen MR) is 88.6 cm³/mol. The fourth-order valence-corrected chi connectivity index (χ4v) is 3.06. The van der Waals surface area contributed by atoms with Gasteiger partial charge in [-0.25, -0.2) is 0 Å². The molecular formula is C19H19F3N2O. The van der Waals surface area contributed by atoms with E-state index in [1.807, 2.05) is 24.3 Å². The van der Waals surface area contributed by atoms with Crippen molar-refractivity contribution in [1.82, 2.24) is 10.3 Å². The number of nitrogens with one attached hydrogen (secondary N) is 1. The summed E-state index contributed by atoms with van der Waals surface area (Å²) < 4.78 is 37.5. The van der Waals surface area contributed by atoms with Gasteiger partial charge in [-0.05, 0) is 48.6 Å². The molecule has 2 heterocycles. The topological polar surface area (TPSA) is 42.0 Å². The van der Waals surface area contributed by atoms with Crippen LogP contribution >= 0.6 is 0 Å². The highest BCUT2D eigenvalue weighted by molar-refractivity contribution is 5.97. The molecule has 0 saturated carbocycles. The van der Waals surface area contributed by atoms with Crippen LogP contribution in [0.5, 0.6) is 0 Å². The lowest BCUT2D eigenvalue weighted by Crippen LogP contribution is -2.28. The number of rotatable bonds is 4. The molecule has 1 fully saturated rings. The molecule has 25 heavy (non-hydrogen) atoms. The number of carbonyl (C=O) groups excluding carboxylic acids is 1. The third kappa shape index (κ3) is 4.45. The first-order valence-corrected chi connectivity index (χ1v) is 8.29. The number of halogens is 3. The van der Waals surface area contributed by atoms with Gasteiger partial charge in [0.15, 0.2) is 5.78 Å². The largest absolute Gasteiger partial charge is 0.433 e. The van der Waals surface area contributed by atoms with Crippen LogP contribution in [0.2, 0.25) is 0 Å². The smallest absolute Gasteiger partial charge is 0.316 e. The molecule has 2 aromatic rings. The van der Waals surface area contributed by atoms with Gasteiger partial charge < -0.3 is 5.32 Å². The maximum absolute atomic E-state index is 12.5. The van der Waals surface area contributed by atoms with Crippen molar-refractivity contribution in [2.24, 2.45) is 0 Å². The molecule has 1 saturated heterocycles. The Balaban J connectivity index is 1.64. The highest BCUT2D eigenvalue weighted by Crippen LogP contribution is 2.27. The van der Waals surface area contributed by atoms with E-state index in [0.29, 0.717) is 5.92 Å². The van der Waals surface area contributed by atoms with Gasteiger partial charge in [0.05, 0.1) is 0 Å². The van der Waals surface area contributed by atoms with Gasteiger partial charge in [0.2, 0.25) is 0 Å². The molecule has 0 bridgehead atoms. The number of pyridine rings is 1. The standard InChI is InChI=1S/C19H19F3N2O/c20-19(21,22)18-8-7-16(12-24-18)17(25)10-13-3-5-14(6-4-13)15-2-1-9-23-11-15/h3-8,12,15,23H,1-2,9-11H2/t15-/m0/s1. The van der Waals surface area contributed by atoms with Crippen molar-refractivity contribution in [3.05, 3.63) is 65.0 Å². The zero-order valence-electron chi connectivity index (χ0n) is 13.6. The second-order valence-electron chi connectivity index (χ2n) is 6.31. The fourth-order valence-electron chi connectivity index (χ4n) is 3.06. The van der Waals surface area contributed by atoms with Crippen molar-refractivity contribution in [3.8, 4) is 0 Å². The van der Waals surface area contributed by atoms with E-state index in [0.717, 1.165) is 43.8 Å². The predicted octanol–water partition coefficient (Wildman–Crippen LogP) is 3.99. The number of ketones is 1. The second kappa shape index (κ2) is 7.35. The molecule has 6 heteroatoms. The van der Waals surface area contributed by atoms with Crippen LogP contribution < -0.4 is 5.32 Å². The maximum Gasteiger partial charge on any atom is 0.433 e. The second-order valence-corrected chi connectivity index (χ2v) is 6.31. The van der Waals surface area contributed by atoms with Crippen LogP contribution in [0.1, 0.15) is 45.9 Å². The molecule has 1 N–H and O–H groups in total. The molecule has 3 rings (SSSR count). The first-order chi connectivity index (χ1) is 11.9. The Labute approximate surface area is 144 Å². The van der Waals surface area contributed by atoms with E-state index in [9.17, 15) is 18.0 Å². The summed E-state index contributed by atoms with van der Waals surface area (Å²) in [6.07, 6.45) is -1.04. The molecule has 1 aromatic carbocycles. The summed E-state index contributed by atoms with van der Waals surface area (Å²) >= 11 is 0. The minimum absolute atomic E-state index is 0.149. The summed E-state index contributed by atoms with van der Waals surface area (Å²) in [7, 11) is 0. The quantitative estimate of drug-likeness (QED) is 0.850. The Kier molecular flexibility index (Phi) is 5.18. The number of nitrogens with zero attached hydrogens (tertiary/aromatic N) is 1. The number of benzene rings is 1. The van der Waals surface area contributed by atoms with Gasteiger partial charge in [-0.3, -0.25) is 9.78 Å². The molecule has 0 aliphatic carbocycles. The van der Waals surface area contributed by atoms with E-state index < -0.39 is 11.9 Å². The van der Waals surface area contributed by atoms with Crippen LogP contribution in [0, 0.1) is 0 Å². The number of Topliss-reactive ketones (excluding diaryl/α,β-unsaturated/α-hetero) is 1. The van der Waals surface area contributed by atoms with Gasteiger partial charge >= 0.3 is 6.18 Å². The zero-order valence-corrected chi connectivity index (χ0v) is 13.6. The van der Waals surface area contributed by atoms with Gasteiger partial charge in [-0.2, -0.15) is 13.2 Å². The lowest BCUT2D eigenvalue weighted by molar-refractivity contribution is -0.141. The lowest BCUT2D eigenvalue weighted by Gasteiger charge is -2.23. The van der Waals surface area contributed by atoms with Gasteiger partial charge in [0, 0.05) is 24.7 Å². The Morgan fingerprint density at radius 1 is 1.16 bits per heavy atom. The maximum atomic E-state index is 12.5. The molecule has 1 aliphatic heterocycles. The molecule has 0 unspecified atom stereocenters. The zero-order chi connectivity index (χ0) is 17.9. The number of alkyl halides is 3. The first kappa shape index (κ1) is 17.6. The van der Waals surface area contributed by atoms with Crippen LogP contribution in [0.4, 0.5) is 13.2 Å². The fraction of sp³-hybridized carbons (Fsp3) is 0.368. The summed E-state index contributed by atoms with van der Waals surface area (Å²) in [4.78, 5) is 15.6. The number of aromatic nitrogens is 1. The summed E-state index contributed by atoms with van der Waals surface area (Å²) in [5.41, 5.74) is 1.29. The first-order valence-electron chi connectivity index (χ1n) is 8.29. The molecule has 1 aromatic heterocycles. The van der Waals surface area contributed by atoms with Gasteiger partial charge in [-0.15, -0.1) is 0 Å². The van der Waals surface area contributed by atoms with Gasteiger partial charge in [0.1, 0.15) is 5.69 Å². The van der Waals surface area contributed by atoms with E-state index in [4.69, 9.17) is 0 Å². The van der Waals surface area contributed by atoms with Crippen molar-refractivity contribution >= 4 is 5.78 Å². The highest BCUT2D eigenvalue weighted by atomic mass is 19.4.